The minimum absolute atomic E-state index is 0.0432. The number of carboxylic acids is 1. The Morgan fingerprint density at radius 3 is 2.41 bits per heavy atom. The van der Waals surface area contributed by atoms with Crippen LogP contribution in [0.5, 0.6) is 0 Å². The van der Waals surface area contributed by atoms with E-state index in [-0.39, 0.29) is 17.5 Å². The lowest BCUT2D eigenvalue weighted by molar-refractivity contribution is -0.142. The predicted molar refractivity (Wildman–Crippen MR) is 122 cm³/mol. The van der Waals surface area contributed by atoms with Gasteiger partial charge in [0.1, 0.15) is 17.2 Å². The number of halogens is 2. The molecule has 3 aromatic carbocycles. The first-order valence-electron chi connectivity index (χ1n) is 10.9. The number of aliphatic carboxylic acids is 1. The third kappa shape index (κ3) is 4.14. The van der Waals surface area contributed by atoms with Gasteiger partial charge in [-0.15, -0.1) is 0 Å². The van der Waals surface area contributed by atoms with Gasteiger partial charge in [-0.2, -0.15) is 4.98 Å². The fraction of sp³-hybridized carbons (Fsp3) is 0.192. The molecule has 8 heteroatoms. The van der Waals surface area contributed by atoms with Crippen LogP contribution < -0.4 is 5.32 Å². The summed E-state index contributed by atoms with van der Waals surface area (Å²) in [5.41, 5.74) is 2.60. The van der Waals surface area contributed by atoms with Crippen molar-refractivity contribution in [2.45, 2.75) is 19.3 Å². The number of aromatic nitrogens is 1. The van der Waals surface area contributed by atoms with Crippen LogP contribution in [-0.2, 0) is 4.79 Å². The molecule has 4 aromatic rings. The summed E-state index contributed by atoms with van der Waals surface area (Å²) in [6.07, 6.45) is 1.82. The lowest BCUT2D eigenvalue weighted by Crippen LogP contribution is -2.25. The summed E-state index contributed by atoms with van der Waals surface area (Å²) in [5.74, 6) is -3.22. The highest BCUT2D eigenvalue weighted by molar-refractivity contribution is 6.00. The van der Waals surface area contributed by atoms with Gasteiger partial charge in [0.05, 0.1) is 11.6 Å². The summed E-state index contributed by atoms with van der Waals surface area (Å²) in [5, 5.41) is 12.1. The maximum absolute atomic E-state index is 14.8. The molecule has 172 valence electrons. The molecule has 0 bridgehead atoms. The summed E-state index contributed by atoms with van der Waals surface area (Å²) in [6.45, 7) is 0. The third-order valence-corrected chi connectivity index (χ3v) is 6.23. The van der Waals surface area contributed by atoms with Crippen LogP contribution in [0, 0.1) is 23.5 Å². The summed E-state index contributed by atoms with van der Waals surface area (Å²) < 4.78 is 33.6. The fourth-order valence-corrected chi connectivity index (χ4v) is 4.48. The summed E-state index contributed by atoms with van der Waals surface area (Å²) in [4.78, 5) is 28.3. The first kappa shape index (κ1) is 21.8. The van der Waals surface area contributed by atoms with Crippen LogP contribution >= 0.6 is 0 Å². The summed E-state index contributed by atoms with van der Waals surface area (Å²) in [7, 11) is 0. The van der Waals surface area contributed by atoms with Crippen molar-refractivity contribution in [3.63, 3.8) is 0 Å². The quantitative estimate of drug-likeness (QED) is 0.332. The summed E-state index contributed by atoms with van der Waals surface area (Å²) >= 11 is 0. The molecule has 0 aliphatic heterocycles. The second kappa shape index (κ2) is 8.70. The van der Waals surface area contributed by atoms with Crippen molar-refractivity contribution < 1.29 is 27.9 Å². The van der Waals surface area contributed by atoms with E-state index in [4.69, 9.17) is 4.42 Å². The number of fused-ring (bicyclic) bond motifs is 1. The standard InChI is InChI=1S/C26H20F2N2O4/c27-17-9-11-23-22(13-17)30-26(34-23)29-21-10-8-16(12-20(21)28)14-4-6-15(7-5-14)24(31)18-2-1-3-19(18)25(32)33/h4-13,18-19H,1-3H2,(H,29,30)(H,32,33). The molecule has 2 unspecified atom stereocenters. The number of carbonyl (C=O) groups is 2. The number of hydrogen-bond donors (Lipinski definition) is 2. The Kier molecular flexibility index (Phi) is 5.57. The van der Waals surface area contributed by atoms with Gasteiger partial charge in [0.25, 0.3) is 6.01 Å². The largest absolute Gasteiger partial charge is 0.481 e. The van der Waals surface area contributed by atoms with Crippen LogP contribution in [-0.4, -0.2) is 21.8 Å². The molecule has 0 radical (unpaired) electrons. The molecule has 1 aliphatic carbocycles. The maximum Gasteiger partial charge on any atom is 0.307 e. The Morgan fingerprint density at radius 1 is 0.941 bits per heavy atom. The molecule has 1 heterocycles. The molecule has 1 aliphatic rings. The van der Waals surface area contributed by atoms with Crippen LogP contribution in [0.1, 0.15) is 29.6 Å². The molecule has 2 atom stereocenters. The second-order valence-electron chi connectivity index (χ2n) is 8.37. The number of nitrogens with zero attached hydrogens (tertiary/aromatic N) is 1. The molecule has 1 saturated carbocycles. The number of ketones is 1. The van der Waals surface area contributed by atoms with Crippen LogP contribution in [0.15, 0.2) is 65.1 Å². The normalized spacial score (nSPS) is 17.7. The van der Waals surface area contributed by atoms with E-state index in [0.717, 1.165) is 6.42 Å². The molecule has 1 aromatic heterocycles. The number of Topliss-reactive ketones (excluding diaryl/α,β-unsaturated/α-hetero) is 1. The molecule has 0 spiro atoms. The maximum atomic E-state index is 14.8. The lowest BCUT2D eigenvalue weighted by Gasteiger charge is -2.14. The van der Waals surface area contributed by atoms with E-state index >= 15 is 0 Å². The number of nitrogens with one attached hydrogen (secondary N) is 1. The molecule has 5 rings (SSSR count). The Balaban J connectivity index is 1.32. The van der Waals surface area contributed by atoms with E-state index in [1.165, 1.54) is 30.3 Å². The van der Waals surface area contributed by atoms with E-state index in [1.807, 2.05) is 0 Å². The Labute approximate surface area is 193 Å². The SMILES string of the molecule is O=C(O)C1CCCC1C(=O)c1ccc(-c2ccc(Nc3nc4cc(F)ccc4o3)c(F)c2)cc1. The molecule has 0 amide bonds. The van der Waals surface area contributed by atoms with Crippen molar-refractivity contribution in [1.82, 2.24) is 4.98 Å². The van der Waals surface area contributed by atoms with Crippen LogP contribution in [0.4, 0.5) is 20.5 Å². The van der Waals surface area contributed by atoms with E-state index in [9.17, 15) is 23.5 Å². The van der Waals surface area contributed by atoms with E-state index in [2.05, 4.69) is 10.3 Å². The highest BCUT2D eigenvalue weighted by Crippen LogP contribution is 2.35. The number of oxazole rings is 1. The van der Waals surface area contributed by atoms with Gasteiger partial charge < -0.3 is 14.8 Å². The predicted octanol–water partition coefficient (Wildman–Crippen LogP) is 6.20. The topological polar surface area (TPSA) is 92.4 Å². The van der Waals surface area contributed by atoms with Crippen molar-refractivity contribution in [2.24, 2.45) is 11.8 Å². The average molecular weight is 462 g/mol. The van der Waals surface area contributed by atoms with Crippen molar-refractivity contribution in [3.8, 4) is 11.1 Å². The molecule has 2 N–H and O–H groups in total. The minimum Gasteiger partial charge on any atom is -0.481 e. The van der Waals surface area contributed by atoms with Gasteiger partial charge in [-0.1, -0.05) is 36.8 Å². The number of hydrogen-bond acceptors (Lipinski definition) is 5. The highest BCUT2D eigenvalue weighted by atomic mass is 19.1. The van der Waals surface area contributed by atoms with E-state index in [0.29, 0.717) is 40.6 Å². The number of rotatable bonds is 6. The first-order chi connectivity index (χ1) is 16.4. The van der Waals surface area contributed by atoms with Crippen molar-refractivity contribution in [3.05, 3.63) is 77.9 Å². The Bertz CT molecular complexity index is 1400. The second-order valence-corrected chi connectivity index (χ2v) is 8.37. The number of benzene rings is 3. The van der Waals surface area contributed by atoms with Crippen LogP contribution in [0.3, 0.4) is 0 Å². The summed E-state index contributed by atoms with van der Waals surface area (Å²) in [6, 6.07) is 15.3. The smallest absolute Gasteiger partial charge is 0.307 e. The first-order valence-corrected chi connectivity index (χ1v) is 10.9. The molecule has 1 fully saturated rings. The lowest BCUT2D eigenvalue weighted by atomic mass is 9.88. The van der Waals surface area contributed by atoms with Gasteiger partial charge in [0.15, 0.2) is 11.4 Å². The van der Waals surface area contributed by atoms with Gasteiger partial charge >= 0.3 is 5.97 Å². The third-order valence-electron chi connectivity index (χ3n) is 6.23. The number of carbonyl (C=O) groups excluding carboxylic acids is 1. The Morgan fingerprint density at radius 2 is 1.68 bits per heavy atom. The van der Waals surface area contributed by atoms with Gasteiger partial charge in [-0.3, -0.25) is 9.59 Å². The zero-order valence-electron chi connectivity index (χ0n) is 17.9. The minimum atomic E-state index is -0.929. The molecule has 0 saturated heterocycles. The van der Waals surface area contributed by atoms with Gasteiger partial charge in [0, 0.05) is 17.5 Å². The van der Waals surface area contributed by atoms with Crippen molar-refractivity contribution >= 4 is 34.6 Å². The van der Waals surface area contributed by atoms with Crippen molar-refractivity contribution in [2.75, 3.05) is 5.32 Å². The molecular formula is C26H20F2N2O4. The van der Waals surface area contributed by atoms with Crippen LogP contribution in [0.25, 0.3) is 22.2 Å². The van der Waals surface area contributed by atoms with Crippen molar-refractivity contribution in [1.29, 1.82) is 0 Å². The molecule has 34 heavy (non-hydrogen) atoms. The highest BCUT2D eigenvalue weighted by Gasteiger charge is 2.37. The van der Waals surface area contributed by atoms with Gasteiger partial charge in [0.2, 0.25) is 0 Å². The van der Waals surface area contributed by atoms with E-state index in [1.54, 1.807) is 30.3 Å². The monoisotopic (exact) mass is 462 g/mol. The fourth-order valence-electron chi connectivity index (χ4n) is 4.48. The van der Waals surface area contributed by atoms with E-state index < -0.39 is 29.4 Å². The number of carboxylic acid groups (broad SMARTS) is 1. The zero-order chi connectivity index (χ0) is 23.8. The number of anilines is 2. The van der Waals surface area contributed by atoms with Gasteiger partial charge in [-0.25, -0.2) is 8.78 Å². The van der Waals surface area contributed by atoms with Crippen LogP contribution in [0.2, 0.25) is 0 Å². The zero-order valence-corrected chi connectivity index (χ0v) is 17.9. The molecular weight excluding hydrogens is 442 g/mol. The Hall–Kier alpha value is -4.07. The van der Waals surface area contributed by atoms with Gasteiger partial charge in [-0.05, 0) is 48.2 Å². The average Bonchev–Trinajstić information content (AvgIpc) is 3.47. The molecule has 6 nitrogen and oxygen atoms in total.